The Morgan fingerprint density at radius 2 is 1.47 bits per heavy atom. The van der Waals surface area contributed by atoms with Crippen molar-refractivity contribution >= 4 is 18.9 Å². The number of para-hydroxylation sites is 1. The minimum Gasteiger partial charge on any atom is -0.483 e. The Kier molecular flexibility index (Phi) is 12.7. The number of carbonyl (C=O) groups excluding carboxylic acids is 1. The van der Waals surface area contributed by atoms with Gasteiger partial charge < -0.3 is 24.7 Å². The van der Waals surface area contributed by atoms with E-state index in [2.05, 4.69) is 43.1 Å². The van der Waals surface area contributed by atoms with E-state index in [-0.39, 0.29) is 25.5 Å². The zero-order valence-corrected chi connectivity index (χ0v) is 21.9. The number of hydrogen-bond acceptors (Lipinski definition) is 6. The van der Waals surface area contributed by atoms with Crippen molar-refractivity contribution in [3.63, 3.8) is 0 Å². The molecular weight excluding hydrogens is 462 g/mol. The fourth-order valence-electron chi connectivity index (χ4n) is 5.88. The summed E-state index contributed by atoms with van der Waals surface area (Å²) in [6, 6.07) is 9.68. The highest BCUT2D eigenvalue weighted by molar-refractivity contribution is 5.77. The van der Waals surface area contributed by atoms with Gasteiger partial charge >= 0.3 is 0 Å². The van der Waals surface area contributed by atoms with Gasteiger partial charge in [0.15, 0.2) is 6.61 Å². The quantitative estimate of drug-likeness (QED) is 0.544. The maximum absolute atomic E-state index is 12.5. The molecule has 0 spiro atoms. The van der Waals surface area contributed by atoms with Crippen LogP contribution in [0.1, 0.15) is 50.5 Å². The summed E-state index contributed by atoms with van der Waals surface area (Å²) < 4.78 is 6.01. The van der Waals surface area contributed by atoms with Gasteiger partial charge in [-0.15, -0.1) is 0 Å². The molecule has 1 aromatic rings. The van der Waals surface area contributed by atoms with Gasteiger partial charge in [-0.2, -0.15) is 0 Å². The minimum absolute atomic E-state index is 0.122. The van der Waals surface area contributed by atoms with Crippen molar-refractivity contribution in [2.24, 2.45) is 11.8 Å². The summed E-state index contributed by atoms with van der Waals surface area (Å²) in [5.41, 5.74) is 1.19. The number of carbonyl (C=O) groups is 3. The van der Waals surface area contributed by atoms with Crippen molar-refractivity contribution in [1.82, 2.24) is 14.7 Å². The Morgan fingerprint density at radius 3 is 2.03 bits per heavy atom. The highest BCUT2D eigenvalue weighted by Gasteiger charge is 2.43. The molecule has 2 saturated carbocycles. The predicted octanol–water partition coefficient (Wildman–Crippen LogP) is 3.03. The van der Waals surface area contributed by atoms with E-state index in [1.165, 1.54) is 37.7 Å². The zero-order chi connectivity index (χ0) is 26.5. The summed E-state index contributed by atoms with van der Waals surface area (Å²) in [6.45, 7) is 2.30. The van der Waals surface area contributed by atoms with Crippen molar-refractivity contribution in [1.29, 1.82) is 0 Å². The van der Waals surface area contributed by atoms with Crippen LogP contribution in [0.25, 0.3) is 0 Å². The van der Waals surface area contributed by atoms with Crippen LogP contribution in [-0.4, -0.2) is 96.7 Å². The molecule has 1 saturated heterocycles. The first-order valence-corrected chi connectivity index (χ1v) is 12.8. The van der Waals surface area contributed by atoms with Crippen LogP contribution in [0.15, 0.2) is 24.3 Å². The Hall–Kier alpha value is -2.65. The van der Waals surface area contributed by atoms with E-state index in [0.717, 1.165) is 56.1 Å². The normalized spacial score (nSPS) is 24.8. The Labute approximate surface area is 215 Å². The SMILES string of the molecule is CN(C)C1C[C@@H]2CC(N(C)Cc3ccccc3OCC(=O)N3CCCCC3)C[C@@H]2C1.O=CO.O=CO. The monoisotopic (exact) mass is 505 g/mol. The van der Waals surface area contributed by atoms with Crippen molar-refractivity contribution in [3.8, 4) is 5.75 Å². The Bertz CT molecular complexity index is 794. The maximum atomic E-state index is 12.5. The van der Waals surface area contributed by atoms with Gasteiger partial charge in [-0.3, -0.25) is 19.3 Å². The van der Waals surface area contributed by atoms with Crippen LogP contribution < -0.4 is 4.74 Å². The first kappa shape index (κ1) is 29.6. The van der Waals surface area contributed by atoms with E-state index in [1.807, 2.05) is 17.0 Å². The number of ether oxygens (including phenoxy) is 1. The molecule has 2 unspecified atom stereocenters. The number of piperidine rings is 1. The van der Waals surface area contributed by atoms with Crippen molar-refractivity contribution < 1.29 is 29.3 Å². The first-order chi connectivity index (χ1) is 17.3. The Morgan fingerprint density at radius 1 is 0.944 bits per heavy atom. The van der Waals surface area contributed by atoms with Gasteiger partial charge in [-0.25, -0.2) is 0 Å². The molecule has 3 aliphatic rings. The third-order valence-electron chi connectivity index (χ3n) is 7.77. The standard InChI is InChI=1S/C25H39N3O2.2CH2O2/c1-26(2)22-13-20-15-23(16-21(20)14-22)27(3)17-19-9-5-6-10-24(19)30-18-25(29)28-11-7-4-8-12-28;2*2-1-3/h5-6,9-10,20-23H,4,7-8,11-18H2,1-3H3;2*1H,(H,2,3)/t20-,21+,22?,23?;;. The van der Waals surface area contributed by atoms with Gasteiger partial charge in [0, 0.05) is 37.3 Å². The largest absolute Gasteiger partial charge is 0.483 e. The third kappa shape index (κ3) is 8.78. The molecule has 36 heavy (non-hydrogen) atoms. The van der Waals surface area contributed by atoms with Crippen LogP contribution in [0.5, 0.6) is 5.75 Å². The van der Waals surface area contributed by atoms with E-state index >= 15 is 0 Å². The lowest BCUT2D eigenvalue weighted by atomic mass is 10.0. The van der Waals surface area contributed by atoms with Crippen LogP contribution in [0.3, 0.4) is 0 Å². The summed E-state index contributed by atoms with van der Waals surface area (Å²) in [5, 5.41) is 13.8. The smallest absolute Gasteiger partial charge is 0.290 e. The molecule has 1 heterocycles. The highest BCUT2D eigenvalue weighted by atomic mass is 16.5. The van der Waals surface area contributed by atoms with E-state index < -0.39 is 0 Å². The van der Waals surface area contributed by atoms with E-state index in [9.17, 15) is 4.79 Å². The van der Waals surface area contributed by atoms with Gasteiger partial charge in [-0.1, -0.05) is 18.2 Å². The highest BCUT2D eigenvalue weighted by Crippen LogP contribution is 2.46. The second-order valence-electron chi connectivity index (χ2n) is 10.2. The zero-order valence-electron chi connectivity index (χ0n) is 21.9. The van der Waals surface area contributed by atoms with Gasteiger partial charge in [0.1, 0.15) is 5.75 Å². The van der Waals surface area contributed by atoms with Crippen LogP contribution in [0.4, 0.5) is 0 Å². The average Bonchev–Trinajstić information content (AvgIpc) is 3.45. The number of benzene rings is 1. The maximum Gasteiger partial charge on any atom is 0.290 e. The number of amides is 1. The summed E-state index contributed by atoms with van der Waals surface area (Å²) in [6.07, 6.45) is 8.83. The molecule has 0 bridgehead atoms. The molecule has 2 N–H and O–H groups in total. The molecule has 9 nitrogen and oxygen atoms in total. The van der Waals surface area contributed by atoms with Gasteiger partial charge in [0.2, 0.25) is 0 Å². The second-order valence-corrected chi connectivity index (χ2v) is 10.2. The topological polar surface area (TPSA) is 111 Å². The van der Waals surface area contributed by atoms with Gasteiger partial charge in [0.05, 0.1) is 0 Å². The van der Waals surface area contributed by atoms with E-state index in [1.54, 1.807) is 0 Å². The lowest BCUT2D eigenvalue weighted by Gasteiger charge is -2.28. The number of nitrogens with zero attached hydrogens (tertiary/aromatic N) is 3. The number of likely N-dealkylation sites (tertiary alicyclic amines) is 1. The fourth-order valence-corrected chi connectivity index (χ4v) is 5.88. The predicted molar refractivity (Wildman–Crippen MR) is 138 cm³/mol. The summed E-state index contributed by atoms with van der Waals surface area (Å²) in [5.74, 6) is 2.76. The number of fused-ring (bicyclic) bond motifs is 1. The van der Waals surface area contributed by atoms with Gasteiger partial charge in [-0.05, 0) is 84.0 Å². The number of carboxylic acid groups (broad SMARTS) is 2. The molecule has 9 heteroatoms. The molecule has 0 aromatic heterocycles. The van der Waals surface area contributed by atoms with E-state index in [4.69, 9.17) is 24.5 Å². The molecule has 202 valence electrons. The van der Waals surface area contributed by atoms with Crippen molar-refractivity contribution in [3.05, 3.63) is 29.8 Å². The molecule has 1 amide bonds. The van der Waals surface area contributed by atoms with E-state index in [0.29, 0.717) is 6.04 Å². The molecular formula is C27H43N3O6. The minimum atomic E-state index is -0.250. The van der Waals surface area contributed by atoms with Crippen molar-refractivity contribution in [2.75, 3.05) is 40.8 Å². The average molecular weight is 506 g/mol. The van der Waals surface area contributed by atoms with Crippen LogP contribution >= 0.6 is 0 Å². The summed E-state index contributed by atoms with van der Waals surface area (Å²) >= 11 is 0. The third-order valence-corrected chi connectivity index (χ3v) is 7.77. The lowest BCUT2D eigenvalue weighted by Crippen LogP contribution is -2.38. The molecule has 4 rings (SSSR count). The molecule has 1 aliphatic heterocycles. The summed E-state index contributed by atoms with van der Waals surface area (Å²) in [7, 11) is 6.70. The molecule has 3 fully saturated rings. The number of hydrogen-bond donors (Lipinski definition) is 2. The molecule has 0 radical (unpaired) electrons. The molecule has 2 aliphatic carbocycles. The Balaban J connectivity index is 0.000000693. The second kappa shape index (κ2) is 15.5. The number of rotatable bonds is 7. The van der Waals surface area contributed by atoms with Crippen molar-refractivity contribution in [2.45, 2.75) is 63.6 Å². The summed E-state index contributed by atoms with van der Waals surface area (Å²) in [4.78, 5) is 36.1. The van der Waals surface area contributed by atoms with Crippen LogP contribution in [0, 0.1) is 11.8 Å². The van der Waals surface area contributed by atoms with Crippen LogP contribution in [-0.2, 0) is 20.9 Å². The molecule has 1 aromatic carbocycles. The fraction of sp³-hybridized carbons (Fsp3) is 0.667. The van der Waals surface area contributed by atoms with Gasteiger partial charge in [0.25, 0.3) is 18.9 Å². The lowest BCUT2D eigenvalue weighted by molar-refractivity contribution is -0.134. The molecule has 4 atom stereocenters. The van der Waals surface area contributed by atoms with Crippen LogP contribution in [0.2, 0.25) is 0 Å². The first-order valence-electron chi connectivity index (χ1n) is 12.8.